The van der Waals surface area contributed by atoms with Crippen LogP contribution in [0.25, 0.3) is 0 Å². The van der Waals surface area contributed by atoms with Gasteiger partial charge in [-0.3, -0.25) is 0 Å². The molecular formula is C13H21NO2. The zero-order valence-corrected chi connectivity index (χ0v) is 10.2. The van der Waals surface area contributed by atoms with Crippen molar-refractivity contribution in [1.82, 2.24) is 5.32 Å². The second-order valence-electron chi connectivity index (χ2n) is 4.82. The predicted molar refractivity (Wildman–Crippen MR) is 63.1 cm³/mol. The zero-order valence-electron chi connectivity index (χ0n) is 10.2. The van der Waals surface area contributed by atoms with Crippen LogP contribution in [0.2, 0.25) is 0 Å². The molecule has 1 saturated carbocycles. The van der Waals surface area contributed by atoms with Crippen molar-refractivity contribution in [3.05, 3.63) is 23.7 Å². The highest BCUT2D eigenvalue weighted by Crippen LogP contribution is 2.23. The monoisotopic (exact) mass is 223 g/mol. The van der Waals surface area contributed by atoms with Gasteiger partial charge in [0, 0.05) is 18.2 Å². The van der Waals surface area contributed by atoms with Gasteiger partial charge in [-0.2, -0.15) is 0 Å². The van der Waals surface area contributed by atoms with Crippen LogP contribution in [0.4, 0.5) is 0 Å². The van der Waals surface area contributed by atoms with Gasteiger partial charge in [0.05, 0.1) is 12.4 Å². The summed E-state index contributed by atoms with van der Waals surface area (Å²) >= 11 is 0. The number of ether oxygens (including phenoxy) is 1. The van der Waals surface area contributed by atoms with Gasteiger partial charge in [0.25, 0.3) is 0 Å². The van der Waals surface area contributed by atoms with Crippen molar-refractivity contribution in [2.24, 2.45) is 0 Å². The number of rotatable bonds is 6. The normalized spacial score (nSPS) is 16.7. The first kappa shape index (κ1) is 11.7. The van der Waals surface area contributed by atoms with Crippen molar-refractivity contribution in [2.45, 2.75) is 58.4 Å². The summed E-state index contributed by atoms with van der Waals surface area (Å²) in [6, 6.07) is 2.58. The SMILES string of the molecule is CC(C)NCc1coc(COC2CCC2)c1. The molecular weight excluding hydrogens is 202 g/mol. The fraction of sp³-hybridized carbons (Fsp3) is 0.692. The van der Waals surface area contributed by atoms with E-state index in [0.717, 1.165) is 12.3 Å². The standard InChI is InChI=1S/C13H21NO2/c1-10(2)14-7-11-6-13(15-8-11)9-16-12-4-3-5-12/h6,8,10,12,14H,3-5,7,9H2,1-2H3. The molecule has 1 aliphatic carbocycles. The maximum atomic E-state index is 5.69. The van der Waals surface area contributed by atoms with Gasteiger partial charge in [-0.05, 0) is 25.3 Å². The second kappa shape index (κ2) is 5.51. The summed E-state index contributed by atoms with van der Waals surface area (Å²) in [6.45, 7) is 5.76. The highest BCUT2D eigenvalue weighted by atomic mass is 16.5. The fourth-order valence-corrected chi connectivity index (χ4v) is 1.65. The summed E-state index contributed by atoms with van der Waals surface area (Å²) < 4.78 is 11.1. The molecule has 1 aromatic heterocycles. The van der Waals surface area contributed by atoms with Crippen molar-refractivity contribution in [2.75, 3.05) is 0 Å². The van der Waals surface area contributed by atoms with E-state index in [1.165, 1.54) is 24.8 Å². The summed E-state index contributed by atoms with van der Waals surface area (Å²) in [4.78, 5) is 0. The molecule has 0 amide bonds. The van der Waals surface area contributed by atoms with Crippen LogP contribution in [-0.2, 0) is 17.9 Å². The maximum absolute atomic E-state index is 5.69. The Kier molecular flexibility index (Phi) is 4.02. The maximum Gasteiger partial charge on any atom is 0.129 e. The van der Waals surface area contributed by atoms with E-state index in [9.17, 15) is 0 Å². The molecule has 2 rings (SSSR count). The molecule has 16 heavy (non-hydrogen) atoms. The molecule has 1 fully saturated rings. The van der Waals surface area contributed by atoms with Crippen LogP contribution in [0.1, 0.15) is 44.4 Å². The van der Waals surface area contributed by atoms with E-state index in [1.807, 2.05) is 6.26 Å². The van der Waals surface area contributed by atoms with Crippen LogP contribution >= 0.6 is 0 Å². The minimum atomic E-state index is 0.474. The first-order chi connectivity index (χ1) is 7.74. The van der Waals surface area contributed by atoms with Gasteiger partial charge in [0.1, 0.15) is 12.4 Å². The lowest BCUT2D eigenvalue weighted by molar-refractivity contribution is -0.0157. The Morgan fingerprint density at radius 3 is 2.94 bits per heavy atom. The van der Waals surface area contributed by atoms with E-state index in [2.05, 4.69) is 25.2 Å². The van der Waals surface area contributed by atoms with Gasteiger partial charge in [0.15, 0.2) is 0 Å². The van der Waals surface area contributed by atoms with Crippen molar-refractivity contribution < 1.29 is 9.15 Å². The molecule has 0 bridgehead atoms. The Hall–Kier alpha value is -0.800. The van der Waals surface area contributed by atoms with E-state index in [0.29, 0.717) is 18.8 Å². The van der Waals surface area contributed by atoms with Gasteiger partial charge in [-0.15, -0.1) is 0 Å². The first-order valence-corrected chi connectivity index (χ1v) is 6.15. The lowest BCUT2D eigenvalue weighted by Gasteiger charge is -2.24. The van der Waals surface area contributed by atoms with Gasteiger partial charge < -0.3 is 14.5 Å². The van der Waals surface area contributed by atoms with Crippen molar-refractivity contribution in [3.8, 4) is 0 Å². The number of furan rings is 1. The molecule has 1 aliphatic rings. The third kappa shape index (κ3) is 3.35. The van der Waals surface area contributed by atoms with Gasteiger partial charge in [-0.1, -0.05) is 13.8 Å². The Labute approximate surface area is 97.2 Å². The van der Waals surface area contributed by atoms with Crippen LogP contribution in [0, 0.1) is 0 Å². The number of hydrogen-bond donors (Lipinski definition) is 1. The van der Waals surface area contributed by atoms with Crippen LogP contribution < -0.4 is 5.32 Å². The fourth-order valence-electron chi connectivity index (χ4n) is 1.65. The largest absolute Gasteiger partial charge is 0.467 e. The lowest BCUT2D eigenvalue weighted by Crippen LogP contribution is -2.21. The summed E-state index contributed by atoms with van der Waals surface area (Å²) in [6.07, 6.45) is 6.02. The average Bonchev–Trinajstić information content (AvgIpc) is 2.60. The molecule has 1 aromatic rings. The Morgan fingerprint density at radius 2 is 2.31 bits per heavy atom. The molecule has 0 saturated heterocycles. The summed E-state index contributed by atoms with van der Waals surface area (Å²) in [5.41, 5.74) is 1.20. The van der Waals surface area contributed by atoms with Crippen LogP contribution in [0.5, 0.6) is 0 Å². The quantitative estimate of drug-likeness (QED) is 0.805. The molecule has 0 aliphatic heterocycles. The van der Waals surface area contributed by atoms with E-state index in [-0.39, 0.29) is 0 Å². The number of nitrogens with one attached hydrogen (secondary N) is 1. The Morgan fingerprint density at radius 1 is 1.50 bits per heavy atom. The van der Waals surface area contributed by atoms with E-state index in [4.69, 9.17) is 9.15 Å². The van der Waals surface area contributed by atoms with Crippen LogP contribution in [0.3, 0.4) is 0 Å². The zero-order chi connectivity index (χ0) is 11.4. The highest BCUT2D eigenvalue weighted by Gasteiger charge is 2.18. The van der Waals surface area contributed by atoms with Gasteiger partial charge in [-0.25, -0.2) is 0 Å². The second-order valence-corrected chi connectivity index (χ2v) is 4.82. The average molecular weight is 223 g/mol. The van der Waals surface area contributed by atoms with Crippen LogP contribution in [-0.4, -0.2) is 12.1 Å². The molecule has 0 spiro atoms. The molecule has 3 nitrogen and oxygen atoms in total. The molecule has 3 heteroatoms. The molecule has 0 aromatic carbocycles. The van der Waals surface area contributed by atoms with E-state index in [1.54, 1.807) is 0 Å². The first-order valence-electron chi connectivity index (χ1n) is 6.15. The van der Waals surface area contributed by atoms with Crippen molar-refractivity contribution >= 4 is 0 Å². The Balaban J connectivity index is 1.73. The van der Waals surface area contributed by atoms with Crippen molar-refractivity contribution in [1.29, 1.82) is 0 Å². The molecule has 0 unspecified atom stereocenters. The van der Waals surface area contributed by atoms with Crippen LogP contribution in [0.15, 0.2) is 16.7 Å². The molecule has 1 heterocycles. The minimum Gasteiger partial charge on any atom is -0.467 e. The Bertz CT molecular complexity index is 315. The molecule has 1 N–H and O–H groups in total. The number of hydrogen-bond acceptors (Lipinski definition) is 3. The minimum absolute atomic E-state index is 0.474. The third-order valence-corrected chi connectivity index (χ3v) is 2.94. The van der Waals surface area contributed by atoms with Crippen molar-refractivity contribution in [3.63, 3.8) is 0 Å². The lowest BCUT2D eigenvalue weighted by atomic mass is 9.96. The van der Waals surface area contributed by atoms with Gasteiger partial charge in [0.2, 0.25) is 0 Å². The summed E-state index contributed by atoms with van der Waals surface area (Å²) in [5.74, 6) is 0.937. The third-order valence-electron chi connectivity index (χ3n) is 2.94. The molecule has 0 radical (unpaired) electrons. The van der Waals surface area contributed by atoms with Gasteiger partial charge >= 0.3 is 0 Å². The topological polar surface area (TPSA) is 34.4 Å². The predicted octanol–water partition coefficient (Wildman–Crippen LogP) is 2.85. The smallest absolute Gasteiger partial charge is 0.129 e. The molecule has 90 valence electrons. The summed E-state index contributed by atoms with van der Waals surface area (Å²) in [7, 11) is 0. The molecule has 0 atom stereocenters. The highest BCUT2D eigenvalue weighted by molar-refractivity contribution is 5.12. The summed E-state index contributed by atoms with van der Waals surface area (Å²) in [5, 5.41) is 3.36. The van der Waals surface area contributed by atoms with E-state index >= 15 is 0 Å². The van der Waals surface area contributed by atoms with E-state index < -0.39 is 0 Å².